The zero-order valence-corrected chi connectivity index (χ0v) is 7.98. The van der Waals surface area contributed by atoms with Crippen molar-refractivity contribution in [3.05, 3.63) is 44.2 Å². The molecule has 0 radical (unpaired) electrons. The molecule has 0 saturated carbocycles. The van der Waals surface area contributed by atoms with Crippen molar-refractivity contribution in [1.82, 2.24) is 9.97 Å². The van der Waals surface area contributed by atoms with E-state index < -0.39 is 28.7 Å². The minimum atomic E-state index is -4.87. The maximum Gasteiger partial charge on any atom is 0.419 e. The number of rotatable bonds is 0. The molecule has 0 saturated heterocycles. The van der Waals surface area contributed by atoms with Gasteiger partial charge < -0.3 is 9.97 Å². The Bertz CT molecular complexity index is 699. The predicted molar refractivity (Wildman–Crippen MR) is 50.1 cm³/mol. The molecule has 4 nitrogen and oxygen atoms in total. The minimum absolute atomic E-state index is 0.208. The summed E-state index contributed by atoms with van der Waals surface area (Å²) in [5.41, 5.74) is -4.16. The summed E-state index contributed by atoms with van der Waals surface area (Å²) in [6.07, 6.45) is -4.87. The lowest BCUT2D eigenvalue weighted by Gasteiger charge is -2.08. The fourth-order valence-corrected chi connectivity index (χ4v) is 1.36. The molecule has 90 valence electrons. The molecule has 0 bridgehead atoms. The SMILES string of the molecule is O=c1[nH]c2cc(F)c(C(F)(F)F)cc2[nH]c1=O. The average Bonchev–Trinajstić information content (AvgIpc) is 2.18. The highest BCUT2D eigenvalue weighted by Gasteiger charge is 2.34. The number of hydrogen-bond acceptors (Lipinski definition) is 2. The first kappa shape index (κ1) is 11.4. The number of alkyl halides is 3. The van der Waals surface area contributed by atoms with E-state index in [0.717, 1.165) is 0 Å². The van der Waals surface area contributed by atoms with Crippen LogP contribution in [-0.4, -0.2) is 9.97 Å². The van der Waals surface area contributed by atoms with Gasteiger partial charge in [-0.1, -0.05) is 0 Å². The molecule has 2 N–H and O–H groups in total. The highest BCUT2D eigenvalue weighted by molar-refractivity contribution is 5.74. The third-order valence-corrected chi connectivity index (χ3v) is 2.12. The number of benzene rings is 1. The Kier molecular flexibility index (Phi) is 2.30. The molecule has 0 fully saturated rings. The van der Waals surface area contributed by atoms with E-state index in [-0.39, 0.29) is 11.0 Å². The van der Waals surface area contributed by atoms with Crippen molar-refractivity contribution < 1.29 is 17.6 Å². The van der Waals surface area contributed by atoms with Gasteiger partial charge in [0, 0.05) is 6.07 Å². The van der Waals surface area contributed by atoms with Gasteiger partial charge in [-0.3, -0.25) is 9.59 Å². The minimum Gasteiger partial charge on any atom is -0.316 e. The van der Waals surface area contributed by atoms with E-state index in [1.54, 1.807) is 0 Å². The fourth-order valence-electron chi connectivity index (χ4n) is 1.36. The molecular weight excluding hydrogens is 244 g/mol. The Morgan fingerprint density at radius 2 is 1.41 bits per heavy atom. The summed E-state index contributed by atoms with van der Waals surface area (Å²) in [6, 6.07) is 0.942. The molecule has 1 aromatic carbocycles. The molecule has 2 rings (SSSR count). The summed E-state index contributed by atoms with van der Waals surface area (Å²) in [6.45, 7) is 0. The van der Waals surface area contributed by atoms with Crippen molar-refractivity contribution in [1.29, 1.82) is 0 Å². The fraction of sp³-hybridized carbons (Fsp3) is 0.111. The number of halogens is 4. The van der Waals surface area contributed by atoms with Gasteiger partial charge in [0.1, 0.15) is 5.82 Å². The van der Waals surface area contributed by atoms with Crippen LogP contribution in [0.1, 0.15) is 5.56 Å². The molecule has 8 heteroatoms. The van der Waals surface area contributed by atoms with Crippen molar-refractivity contribution in [3.8, 4) is 0 Å². The van der Waals surface area contributed by atoms with Crippen LogP contribution in [-0.2, 0) is 6.18 Å². The Morgan fingerprint density at radius 1 is 0.941 bits per heavy atom. The first-order chi connectivity index (χ1) is 7.79. The highest BCUT2D eigenvalue weighted by Crippen LogP contribution is 2.32. The number of hydrogen-bond donors (Lipinski definition) is 2. The summed E-state index contributed by atoms with van der Waals surface area (Å²) in [7, 11) is 0. The van der Waals surface area contributed by atoms with E-state index >= 15 is 0 Å². The van der Waals surface area contributed by atoms with Gasteiger partial charge in [-0.2, -0.15) is 13.2 Å². The lowest BCUT2D eigenvalue weighted by Crippen LogP contribution is -2.29. The lowest BCUT2D eigenvalue weighted by molar-refractivity contribution is -0.139. The normalized spacial score (nSPS) is 12.0. The molecule has 0 amide bonds. The van der Waals surface area contributed by atoms with Crippen molar-refractivity contribution in [2.45, 2.75) is 6.18 Å². The Labute approximate surface area is 89.9 Å². The van der Waals surface area contributed by atoms with Crippen LogP contribution in [0.25, 0.3) is 11.0 Å². The summed E-state index contributed by atoms with van der Waals surface area (Å²) in [5, 5.41) is 0. The van der Waals surface area contributed by atoms with Crippen molar-refractivity contribution >= 4 is 11.0 Å². The monoisotopic (exact) mass is 248 g/mol. The molecule has 0 unspecified atom stereocenters. The molecule has 0 aliphatic heterocycles. The summed E-state index contributed by atoms with van der Waals surface area (Å²) in [4.78, 5) is 25.7. The molecule has 1 heterocycles. The molecule has 2 aromatic rings. The van der Waals surface area contributed by atoms with Crippen LogP contribution in [0.5, 0.6) is 0 Å². The smallest absolute Gasteiger partial charge is 0.316 e. The number of aromatic amines is 2. The van der Waals surface area contributed by atoms with Gasteiger partial charge in [0.15, 0.2) is 0 Å². The number of nitrogens with one attached hydrogen (secondary N) is 2. The van der Waals surface area contributed by atoms with Gasteiger partial charge in [-0.05, 0) is 6.07 Å². The maximum atomic E-state index is 13.1. The lowest BCUT2D eigenvalue weighted by atomic mass is 10.1. The van der Waals surface area contributed by atoms with Gasteiger partial charge in [-0.25, -0.2) is 4.39 Å². The standard InChI is InChI=1S/C9H4F4N2O2/c10-4-2-6-5(1-3(4)9(11,12)13)14-7(16)8(17)15-6/h1-2H,(H,14,16)(H,15,17). The zero-order valence-electron chi connectivity index (χ0n) is 7.98. The Morgan fingerprint density at radius 3 is 1.88 bits per heavy atom. The molecule has 0 aliphatic carbocycles. The summed E-state index contributed by atoms with van der Waals surface area (Å²) >= 11 is 0. The van der Waals surface area contributed by atoms with Crippen LogP contribution in [0.2, 0.25) is 0 Å². The molecule has 17 heavy (non-hydrogen) atoms. The highest BCUT2D eigenvalue weighted by atomic mass is 19.4. The second-order valence-corrected chi connectivity index (χ2v) is 3.28. The third kappa shape index (κ3) is 1.93. The average molecular weight is 248 g/mol. The van der Waals surface area contributed by atoms with Crippen LogP contribution >= 0.6 is 0 Å². The van der Waals surface area contributed by atoms with Gasteiger partial charge in [0.25, 0.3) is 0 Å². The topological polar surface area (TPSA) is 65.7 Å². The van der Waals surface area contributed by atoms with Crippen LogP contribution in [0.15, 0.2) is 21.7 Å². The predicted octanol–water partition coefficient (Wildman–Crippen LogP) is 1.37. The van der Waals surface area contributed by atoms with Gasteiger partial charge in [-0.15, -0.1) is 0 Å². The van der Waals surface area contributed by atoms with Gasteiger partial charge in [0.2, 0.25) is 0 Å². The Hall–Kier alpha value is -2.12. The van der Waals surface area contributed by atoms with E-state index in [4.69, 9.17) is 0 Å². The molecule has 1 aromatic heterocycles. The molecule has 0 aliphatic rings. The van der Waals surface area contributed by atoms with Crippen LogP contribution in [0.3, 0.4) is 0 Å². The van der Waals surface area contributed by atoms with Crippen LogP contribution < -0.4 is 11.1 Å². The first-order valence-corrected chi connectivity index (χ1v) is 4.32. The summed E-state index contributed by atoms with van der Waals surface area (Å²) in [5.74, 6) is -1.52. The second-order valence-electron chi connectivity index (χ2n) is 3.28. The second kappa shape index (κ2) is 3.44. The number of fused-ring (bicyclic) bond motifs is 1. The maximum absolute atomic E-state index is 13.1. The third-order valence-electron chi connectivity index (χ3n) is 2.12. The van der Waals surface area contributed by atoms with Crippen LogP contribution in [0.4, 0.5) is 17.6 Å². The van der Waals surface area contributed by atoms with Crippen molar-refractivity contribution in [2.75, 3.05) is 0 Å². The molecular formula is C9H4F4N2O2. The summed E-state index contributed by atoms with van der Waals surface area (Å²) < 4.78 is 50.2. The Balaban J connectivity index is 2.86. The largest absolute Gasteiger partial charge is 0.419 e. The number of aromatic nitrogens is 2. The van der Waals surface area contributed by atoms with E-state index in [1.807, 2.05) is 9.97 Å². The van der Waals surface area contributed by atoms with E-state index in [9.17, 15) is 27.2 Å². The number of H-pyrrole nitrogens is 2. The van der Waals surface area contributed by atoms with Gasteiger partial charge in [0.05, 0.1) is 16.6 Å². The van der Waals surface area contributed by atoms with Gasteiger partial charge >= 0.3 is 17.3 Å². The molecule has 0 atom stereocenters. The van der Waals surface area contributed by atoms with E-state index in [2.05, 4.69) is 0 Å². The van der Waals surface area contributed by atoms with Crippen LogP contribution in [0, 0.1) is 5.82 Å². The van der Waals surface area contributed by atoms with E-state index in [0.29, 0.717) is 12.1 Å². The quantitative estimate of drug-likeness (QED) is 0.546. The molecule has 0 spiro atoms. The zero-order chi connectivity index (χ0) is 12.8. The first-order valence-electron chi connectivity index (χ1n) is 4.32. The van der Waals surface area contributed by atoms with E-state index in [1.165, 1.54) is 0 Å². The van der Waals surface area contributed by atoms with Crippen molar-refractivity contribution in [3.63, 3.8) is 0 Å². The van der Waals surface area contributed by atoms with Crippen molar-refractivity contribution in [2.24, 2.45) is 0 Å².